The number of carbonyl (C=O) groups excluding carboxylic acids is 2. The summed E-state index contributed by atoms with van der Waals surface area (Å²) in [6.45, 7) is 3.95. The molecule has 1 aliphatic rings. The predicted molar refractivity (Wildman–Crippen MR) is 107 cm³/mol. The van der Waals surface area contributed by atoms with Crippen molar-refractivity contribution >= 4 is 62.5 Å². The van der Waals surface area contributed by atoms with Gasteiger partial charge in [-0.05, 0) is 18.2 Å². The van der Waals surface area contributed by atoms with Crippen molar-refractivity contribution in [3.8, 4) is 0 Å². The number of aromatic nitrogens is 1. The Bertz CT molecular complexity index is 904. The number of nitrogens with one attached hydrogen (secondary N) is 1. The molecular formula is C17H14ClFN4O2S2. The number of benzene rings is 1. The lowest BCUT2D eigenvalue weighted by Crippen LogP contribution is -2.33. The number of anilines is 1. The average molecular weight is 425 g/mol. The van der Waals surface area contributed by atoms with Crippen LogP contribution in [0.15, 0.2) is 47.4 Å². The van der Waals surface area contributed by atoms with E-state index in [1.807, 2.05) is 0 Å². The SMILES string of the molecule is C=CCN1C(=O)C(CC(=O)Nc2ccc(F)c(Cl)c2)SC1=Nc1nccs1. The number of thiazole rings is 1. The van der Waals surface area contributed by atoms with Gasteiger partial charge in [0.1, 0.15) is 11.1 Å². The molecule has 2 amide bonds. The molecule has 1 fully saturated rings. The molecule has 2 aromatic rings. The summed E-state index contributed by atoms with van der Waals surface area (Å²) in [6.07, 6.45) is 3.17. The lowest BCUT2D eigenvalue weighted by atomic mass is 10.2. The van der Waals surface area contributed by atoms with Gasteiger partial charge in [-0.1, -0.05) is 29.4 Å². The van der Waals surface area contributed by atoms with Gasteiger partial charge in [0.05, 0.1) is 5.02 Å². The van der Waals surface area contributed by atoms with E-state index in [9.17, 15) is 14.0 Å². The molecule has 0 spiro atoms. The van der Waals surface area contributed by atoms with Crippen molar-refractivity contribution in [3.63, 3.8) is 0 Å². The minimum absolute atomic E-state index is 0.0526. The van der Waals surface area contributed by atoms with E-state index in [2.05, 4.69) is 21.9 Å². The first-order valence-electron chi connectivity index (χ1n) is 7.80. The van der Waals surface area contributed by atoms with Crippen LogP contribution in [0, 0.1) is 5.82 Å². The molecule has 0 radical (unpaired) electrons. The first-order valence-corrected chi connectivity index (χ1v) is 9.93. The van der Waals surface area contributed by atoms with Gasteiger partial charge in [-0.15, -0.1) is 17.9 Å². The molecule has 1 aromatic heterocycles. The molecule has 1 atom stereocenters. The lowest BCUT2D eigenvalue weighted by Gasteiger charge is -2.13. The van der Waals surface area contributed by atoms with Crippen LogP contribution in [0.5, 0.6) is 0 Å². The van der Waals surface area contributed by atoms with Crippen LogP contribution >= 0.6 is 34.7 Å². The summed E-state index contributed by atoms with van der Waals surface area (Å²) >= 11 is 8.27. The topological polar surface area (TPSA) is 74.7 Å². The highest BCUT2D eigenvalue weighted by atomic mass is 35.5. The van der Waals surface area contributed by atoms with Crippen molar-refractivity contribution in [1.82, 2.24) is 9.88 Å². The Kier molecular flexibility index (Phi) is 6.25. The zero-order chi connectivity index (χ0) is 19.4. The zero-order valence-corrected chi connectivity index (χ0v) is 16.3. The van der Waals surface area contributed by atoms with E-state index < -0.39 is 11.1 Å². The second kappa shape index (κ2) is 8.64. The quantitative estimate of drug-likeness (QED) is 0.709. The van der Waals surface area contributed by atoms with Crippen LogP contribution in [-0.4, -0.2) is 38.7 Å². The van der Waals surface area contributed by atoms with Gasteiger partial charge in [0.25, 0.3) is 0 Å². The fourth-order valence-electron chi connectivity index (χ4n) is 2.33. The first-order chi connectivity index (χ1) is 13.0. The Hall–Kier alpha value is -2.23. The number of nitrogens with zero attached hydrogens (tertiary/aromatic N) is 3. The highest BCUT2D eigenvalue weighted by Crippen LogP contribution is 2.32. The van der Waals surface area contributed by atoms with Crippen LogP contribution in [0.4, 0.5) is 15.2 Å². The highest BCUT2D eigenvalue weighted by molar-refractivity contribution is 8.15. The summed E-state index contributed by atoms with van der Waals surface area (Å²) in [5, 5.41) is 4.73. The molecule has 0 bridgehead atoms. The molecule has 6 nitrogen and oxygen atoms in total. The maximum absolute atomic E-state index is 13.2. The zero-order valence-electron chi connectivity index (χ0n) is 13.9. The van der Waals surface area contributed by atoms with Crippen molar-refractivity contribution in [1.29, 1.82) is 0 Å². The molecule has 27 heavy (non-hydrogen) atoms. The van der Waals surface area contributed by atoms with Crippen molar-refractivity contribution in [2.45, 2.75) is 11.7 Å². The van der Waals surface area contributed by atoms with Crippen LogP contribution in [0.3, 0.4) is 0 Å². The predicted octanol–water partition coefficient (Wildman–Crippen LogP) is 4.08. The molecule has 1 aliphatic heterocycles. The van der Waals surface area contributed by atoms with E-state index in [0.29, 0.717) is 22.5 Å². The summed E-state index contributed by atoms with van der Waals surface area (Å²) in [6, 6.07) is 3.89. The fraction of sp³-hybridized carbons (Fsp3) is 0.176. The van der Waals surface area contributed by atoms with Gasteiger partial charge < -0.3 is 5.32 Å². The van der Waals surface area contributed by atoms with Crippen LogP contribution in [0.25, 0.3) is 0 Å². The third-order valence-corrected chi connectivity index (χ3v) is 5.65. The highest BCUT2D eigenvalue weighted by Gasteiger charge is 2.38. The maximum Gasteiger partial charge on any atom is 0.242 e. The standard InChI is InChI=1S/C17H14ClFN4O2S2/c1-2-6-23-15(25)13(27-17(23)22-16-20-5-7-26-16)9-14(24)21-10-3-4-12(19)11(18)8-10/h2-5,7-8,13H,1,6,9H2,(H,21,24). The summed E-state index contributed by atoms with van der Waals surface area (Å²) in [7, 11) is 0. The number of hydrogen-bond donors (Lipinski definition) is 1. The van der Waals surface area contributed by atoms with Gasteiger partial charge in [0.2, 0.25) is 16.9 Å². The number of halogens is 2. The minimum Gasteiger partial charge on any atom is -0.326 e. The summed E-state index contributed by atoms with van der Waals surface area (Å²) in [4.78, 5) is 34.9. The number of amides is 2. The first kappa shape index (κ1) is 19.5. The fourth-order valence-corrected chi connectivity index (χ4v) is 4.22. The molecule has 0 aliphatic carbocycles. The van der Waals surface area contributed by atoms with Gasteiger partial charge in [0, 0.05) is 30.2 Å². The number of hydrogen-bond acceptors (Lipinski definition) is 6. The van der Waals surface area contributed by atoms with E-state index in [-0.39, 0.29) is 23.3 Å². The van der Waals surface area contributed by atoms with E-state index in [1.54, 1.807) is 17.7 Å². The average Bonchev–Trinajstić information content (AvgIpc) is 3.23. The number of rotatable bonds is 6. The Morgan fingerprint density at radius 3 is 3.00 bits per heavy atom. The molecule has 3 rings (SSSR count). The van der Waals surface area contributed by atoms with Gasteiger partial charge in [-0.25, -0.2) is 9.37 Å². The largest absolute Gasteiger partial charge is 0.326 e. The smallest absolute Gasteiger partial charge is 0.242 e. The molecular weight excluding hydrogens is 411 g/mol. The van der Waals surface area contributed by atoms with Crippen LogP contribution < -0.4 is 5.32 Å². The molecule has 1 N–H and O–H groups in total. The Balaban J connectivity index is 1.70. The van der Waals surface area contributed by atoms with E-state index >= 15 is 0 Å². The van der Waals surface area contributed by atoms with E-state index in [4.69, 9.17) is 11.6 Å². The lowest BCUT2D eigenvalue weighted by molar-refractivity contribution is -0.127. The maximum atomic E-state index is 13.2. The number of amidine groups is 1. The Labute approximate surface area is 168 Å². The van der Waals surface area contributed by atoms with Crippen molar-refractivity contribution in [3.05, 3.63) is 53.3 Å². The molecule has 1 aromatic carbocycles. The van der Waals surface area contributed by atoms with Crippen LogP contribution in [-0.2, 0) is 9.59 Å². The van der Waals surface area contributed by atoms with Crippen molar-refractivity contribution in [2.75, 3.05) is 11.9 Å². The van der Waals surface area contributed by atoms with E-state index in [1.165, 1.54) is 40.1 Å². The summed E-state index contributed by atoms with van der Waals surface area (Å²) < 4.78 is 13.2. The second-order valence-corrected chi connectivity index (χ2v) is 7.88. The normalized spacial score (nSPS) is 18.1. The number of thioether (sulfide) groups is 1. The van der Waals surface area contributed by atoms with Gasteiger partial charge >= 0.3 is 0 Å². The molecule has 10 heteroatoms. The molecule has 0 saturated carbocycles. The molecule has 140 valence electrons. The monoisotopic (exact) mass is 424 g/mol. The van der Waals surface area contributed by atoms with E-state index in [0.717, 1.165) is 6.07 Å². The molecule has 1 saturated heterocycles. The number of carbonyl (C=O) groups is 2. The van der Waals surface area contributed by atoms with Gasteiger partial charge in [-0.2, -0.15) is 4.99 Å². The third kappa shape index (κ3) is 4.74. The van der Waals surface area contributed by atoms with Crippen molar-refractivity contribution < 1.29 is 14.0 Å². The Morgan fingerprint density at radius 2 is 2.33 bits per heavy atom. The summed E-state index contributed by atoms with van der Waals surface area (Å²) in [5.41, 5.74) is 0.362. The van der Waals surface area contributed by atoms with Gasteiger partial charge in [-0.3, -0.25) is 14.5 Å². The second-order valence-electron chi connectivity index (χ2n) is 5.43. The van der Waals surface area contributed by atoms with Crippen molar-refractivity contribution in [2.24, 2.45) is 4.99 Å². The Morgan fingerprint density at radius 1 is 1.52 bits per heavy atom. The summed E-state index contributed by atoms with van der Waals surface area (Å²) in [5.74, 6) is -1.17. The van der Waals surface area contributed by atoms with Crippen LogP contribution in [0.1, 0.15) is 6.42 Å². The number of aliphatic imine (C=N–C) groups is 1. The molecule has 2 heterocycles. The molecule has 1 unspecified atom stereocenters. The van der Waals surface area contributed by atoms with Gasteiger partial charge in [0.15, 0.2) is 5.17 Å². The van der Waals surface area contributed by atoms with Crippen LogP contribution in [0.2, 0.25) is 5.02 Å². The third-order valence-electron chi connectivity index (χ3n) is 3.52. The minimum atomic E-state index is -0.611.